The Bertz CT molecular complexity index is 1300. The second-order valence-corrected chi connectivity index (χ2v) is 6.64. The molecule has 0 amide bonds. The van der Waals surface area contributed by atoms with Gasteiger partial charge in [-0.05, 0) is 32.0 Å². The molecule has 0 spiro atoms. The molecule has 0 unspecified atom stereocenters. The second-order valence-electron chi connectivity index (χ2n) is 6.64. The molecule has 1 N–H and O–H groups in total. The first-order valence-electron chi connectivity index (χ1n) is 8.76. The van der Waals surface area contributed by atoms with Crippen LogP contribution in [0.5, 0.6) is 0 Å². The van der Waals surface area contributed by atoms with Gasteiger partial charge >= 0.3 is 5.97 Å². The van der Waals surface area contributed by atoms with E-state index in [1.807, 2.05) is 31.2 Å². The van der Waals surface area contributed by atoms with E-state index in [1.165, 1.54) is 0 Å². The van der Waals surface area contributed by atoms with Crippen molar-refractivity contribution in [2.24, 2.45) is 0 Å². The van der Waals surface area contributed by atoms with Gasteiger partial charge in [-0.2, -0.15) is 0 Å². The Balaban J connectivity index is 1.56. The molecule has 0 aliphatic heterocycles. The van der Waals surface area contributed by atoms with Crippen molar-refractivity contribution in [2.75, 3.05) is 6.61 Å². The molecule has 0 atom stereocenters. The third-order valence-electron chi connectivity index (χ3n) is 4.59. The Morgan fingerprint density at radius 3 is 2.64 bits per heavy atom. The third kappa shape index (κ3) is 3.09. The molecule has 0 saturated carbocycles. The molecule has 28 heavy (non-hydrogen) atoms. The summed E-state index contributed by atoms with van der Waals surface area (Å²) in [7, 11) is 0. The van der Waals surface area contributed by atoms with Crippen molar-refractivity contribution < 1.29 is 18.7 Å². The fourth-order valence-electron chi connectivity index (χ4n) is 3.28. The van der Waals surface area contributed by atoms with E-state index in [0.717, 1.165) is 22.5 Å². The monoisotopic (exact) mass is 375 g/mol. The number of para-hydroxylation sites is 1. The van der Waals surface area contributed by atoms with E-state index in [4.69, 9.17) is 9.15 Å². The van der Waals surface area contributed by atoms with Crippen molar-refractivity contribution in [3.63, 3.8) is 0 Å². The van der Waals surface area contributed by atoms with Crippen molar-refractivity contribution in [1.82, 2.24) is 4.98 Å². The second kappa shape index (κ2) is 6.81. The molecule has 0 aliphatic rings. The predicted molar refractivity (Wildman–Crippen MR) is 105 cm³/mol. The Kier molecular flexibility index (Phi) is 4.31. The van der Waals surface area contributed by atoms with Crippen LogP contribution < -0.4 is 5.43 Å². The zero-order chi connectivity index (χ0) is 19.8. The molecule has 0 bridgehead atoms. The van der Waals surface area contributed by atoms with Gasteiger partial charge in [0.15, 0.2) is 12.0 Å². The van der Waals surface area contributed by atoms with Crippen LogP contribution in [0.3, 0.4) is 0 Å². The average molecular weight is 375 g/mol. The summed E-state index contributed by atoms with van der Waals surface area (Å²) in [4.78, 5) is 40.3. The van der Waals surface area contributed by atoms with E-state index >= 15 is 0 Å². The normalized spacial score (nSPS) is 11.1. The third-order valence-corrected chi connectivity index (χ3v) is 4.59. The molecule has 6 heteroatoms. The zero-order valence-corrected chi connectivity index (χ0v) is 15.4. The molecule has 0 saturated heterocycles. The van der Waals surface area contributed by atoms with Gasteiger partial charge in [0, 0.05) is 28.2 Å². The molecule has 2 aromatic carbocycles. The highest BCUT2D eigenvalue weighted by Gasteiger charge is 2.20. The highest BCUT2D eigenvalue weighted by atomic mass is 16.5. The summed E-state index contributed by atoms with van der Waals surface area (Å²) in [6.07, 6.45) is 0. The number of rotatable bonds is 4. The first-order valence-corrected chi connectivity index (χ1v) is 8.76. The van der Waals surface area contributed by atoms with Crippen LogP contribution in [-0.2, 0) is 4.74 Å². The minimum absolute atomic E-state index is 0.232. The molecule has 0 fully saturated rings. The van der Waals surface area contributed by atoms with Crippen LogP contribution in [0, 0.1) is 13.8 Å². The lowest BCUT2D eigenvalue weighted by atomic mass is 10.1. The molecule has 4 aromatic rings. The van der Waals surface area contributed by atoms with E-state index in [2.05, 4.69) is 4.98 Å². The number of benzene rings is 2. The van der Waals surface area contributed by atoms with Gasteiger partial charge in [0.2, 0.25) is 11.5 Å². The Morgan fingerprint density at radius 2 is 1.82 bits per heavy atom. The number of H-pyrrole nitrogens is 1. The van der Waals surface area contributed by atoms with Gasteiger partial charge in [0.05, 0.1) is 5.39 Å². The number of fused-ring (bicyclic) bond motifs is 2. The summed E-state index contributed by atoms with van der Waals surface area (Å²) in [6.45, 7) is 3.20. The molecule has 0 aliphatic carbocycles. The minimum Gasteiger partial charge on any atom is -0.451 e. The fourth-order valence-corrected chi connectivity index (χ4v) is 3.28. The summed E-state index contributed by atoms with van der Waals surface area (Å²) in [5.74, 6) is -1.42. The number of carbonyl (C=O) groups is 2. The number of ketones is 1. The molecule has 4 rings (SSSR count). The Hall–Kier alpha value is -3.67. The largest absolute Gasteiger partial charge is 0.451 e. The van der Waals surface area contributed by atoms with Crippen molar-refractivity contribution in [2.45, 2.75) is 13.8 Å². The van der Waals surface area contributed by atoms with E-state index in [1.54, 1.807) is 25.1 Å². The molecular formula is C22H17NO5. The number of aryl methyl sites for hydroxylation is 2. The number of hydrogen-bond donors (Lipinski definition) is 1. The van der Waals surface area contributed by atoms with Crippen LogP contribution in [0.4, 0.5) is 0 Å². The van der Waals surface area contributed by atoms with Gasteiger partial charge in [-0.1, -0.05) is 29.8 Å². The minimum atomic E-state index is -0.856. The van der Waals surface area contributed by atoms with Crippen molar-refractivity contribution in [1.29, 1.82) is 0 Å². The summed E-state index contributed by atoms with van der Waals surface area (Å²) in [6, 6.07) is 13.6. The number of ether oxygens (including phenoxy) is 1. The lowest BCUT2D eigenvalue weighted by Gasteiger charge is -2.05. The maximum atomic E-state index is 12.6. The number of nitrogens with one attached hydrogen (secondary N) is 1. The molecule has 0 radical (unpaired) electrons. The van der Waals surface area contributed by atoms with Crippen molar-refractivity contribution >= 4 is 33.6 Å². The predicted octanol–water partition coefficient (Wildman–Crippen LogP) is 3.93. The van der Waals surface area contributed by atoms with Crippen molar-refractivity contribution in [3.8, 4) is 0 Å². The van der Waals surface area contributed by atoms with E-state index < -0.39 is 12.6 Å². The van der Waals surface area contributed by atoms with E-state index in [9.17, 15) is 14.4 Å². The van der Waals surface area contributed by atoms with Crippen LogP contribution in [0.15, 0.2) is 57.7 Å². The lowest BCUT2D eigenvalue weighted by Crippen LogP contribution is -2.16. The summed E-state index contributed by atoms with van der Waals surface area (Å²) >= 11 is 0. The average Bonchev–Trinajstić information content (AvgIpc) is 3.02. The number of aromatic amines is 1. The maximum Gasteiger partial charge on any atom is 0.374 e. The number of aromatic nitrogens is 1. The number of hydrogen-bond acceptors (Lipinski definition) is 5. The Morgan fingerprint density at radius 1 is 1.04 bits per heavy atom. The smallest absolute Gasteiger partial charge is 0.374 e. The Labute approximate surface area is 159 Å². The maximum absolute atomic E-state index is 12.6. The molecular weight excluding hydrogens is 358 g/mol. The van der Waals surface area contributed by atoms with Crippen molar-refractivity contribution in [3.05, 3.63) is 81.3 Å². The molecule has 2 heterocycles. The first kappa shape index (κ1) is 17.7. The van der Waals surface area contributed by atoms with Crippen LogP contribution >= 0.6 is 0 Å². The summed E-state index contributed by atoms with van der Waals surface area (Å²) in [5, 5.41) is 1.16. The van der Waals surface area contributed by atoms with Gasteiger partial charge in [-0.15, -0.1) is 0 Å². The van der Waals surface area contributed by atoms with Gasteiger partial charge in [0.1, 0.15) is 5.58 Å². The standard InChI is InChI=1S/C22H17NO5/c1-12-7-8-19-15(9-12)17(24)10-20(28-19)22(26)27-11-18(25)21-13(2)23-16-6-4-3-5-14(16)21/h3-10,23H,11H2,1-2H3. The van der Waals surface area contributed by atoms with E-state index in [-0.39, 0.29) is 17.0 Å². The molecule has 6 nitrogen and oxygen atoms in total. The van der Waals surface area contributed by atoms with Gasteiger partial charge in [0.25, 0.3) is 0 Å². The van der Waals surface area contributed by atoms with Crippen LogP contribution in [0.1, 0.15) is 32.2 Å². The zero-order valence-electron chi connectivity index (χ0n) is 15.4. The number of Topliss-reactive ketones (excluding diaryl/α,β-unsaturated/α-hetero) is 1. The van der Waals surface area contributed by atoms with Crippen LogP contribution in [0.25, 0.3) is 21.9 Å². The number of esters is 1. The van der Waals surface area contributed by atoms with Gasteiger partial charge in [-0.25, -0.2) is 4.79 Å². The van der Waals surface area contributed by atoms with E-state index in [0.29, 0.717) is 22.2 Å². The van der Waals surface area contributed by atoms with Crippen LogP contribution in [0.2, 0.25) is 0 Å². The SMILES string of the molecule is Cc1ccc2oc(C(=O)OCC(=O)c3c(C)[nH]c4ccccc34)cc(=O)c2c1. The molecule has 140 valence electrons. The highest BCUT2D eigenvalue weighted by molar-refractivity contribution is 6.10. The topological polar surface area (TPSA) is 89.4 Å². The fraction of sp³-hybridized carbons (Fsp3) is 0.136. The van der Waals surface area contributed by atoms with Gasteiger partial charge < -0.3 is 14.1 Å². The first-order chi connectivity index (χ1) is 13.4. The quantitative estimate of drug-likeness (QED) is 0.431. The summed E-state index contributed by atoms with van der Waals surface area (Å²) < 4.78 is 10.6. The number of carbonyl (C=O) groups excluding carboxylic acids is 2. The lowest BCUT2D eigenvalue weighted by molar-refractivity contribution is 0.0444. The summed E-state index contributed by atoms with van der Waals surface area (Å²) in [5.41, 5.74) is 2.90. The molecule has 2 aromatic heterocycles. The highest BCUT2D eigenvalue weighted by Crippen LogP contribution is 2.22. The van der Waals surface area contributed by atoms with Gasteiger partial charge in [-0.3, -0.25) is 9.59 Å². The van der Waals surface area contributed by atoms with Crippen LogP contribution in [-0.4, -0.2) is 23.3 Å².